The van der Waals surface area contributed by atoms with Gasteiger partial charge in [-0.2, -0.15) is 0 Å². The number of unbranched alkanes of at least 4 members (excludes halogenated alkanes) is 7. The minimum Gasteiger partial charge on any atom is -0.481 e. The maximum absolute atomic E-state index is 10.9. The van der Waals surface area contributed by atoms with Gasteiger partial charge in [-0.25, -0.2) is 0 Å². The molecule has 32 heavy (non-hydrogen) atoms. The molecule has 0 rings (SSSR count). The standard InChI is InChI=1S/C25H45NO6/c1-2-3-4-5-6-7-8-12-19-26(20-13-9-16-23(27)28,21-14-10-17-24(29)30)22-15-11-18-25(31)32/h5-6H,2-4,7-22H2,1H3,(H2-,27,28,29,30,31,32)/p+1/b6-5+. The van der Waals surface area contributed by atoms with Crippen molar-refractivity contribution in [2.24, 2.45) is 0 Å². The Morgan fingerprint density at radius 2 is 0.906 bits per heavy atom. The summed E-state index contributed by atoms with van der Waals surface area (Å²) in [5.74, 6) is -2.33. The lowest BCUT2D eigenvalue weighted by molar-refractivity contribution is -0.929. The number of aliphatic carboxylic acids is 3. The fraction of sp³-hybridized carbons (Fsp3) is 0.800. The number of nitrogens with zero attached hydrogens (tertiary/aromatic N) is 1. The molecule has 0 bridgehead atoms. The summed E-state index contributed by atoms with van der Waals surface area (Å²) in [6, 6.07) is 0. The van der Waals surface area contributed by atoms with Gasteiger partial charge in [-0.15, -0.1) is 0 Å². The van der Waals surface area contributed by atoms with Crippen LogP contribution >= 0.6 is 0 Å². The van der Waals surface area contributed by atoms with E-state index in [0.29, 0.717) is 19.3 Å². The molecule has 0 atom stereocenters. The van der Waals surface area contributed by atoms with Crippen LogP contribution in [-0.2, 0) is 14.4 Å². The third-order valence-corrected chi connectivity index (χ3v) is 5.96. The van der Waals surface area contributed by atoms with Gasteiger partial charge < -0.3 is 19.8 Å². The fourth-order valence-electron chi connectivity index (χ4n) is 4.11. The van der Waals surface area contributed by atoms with Crippen molar-refractivity contribution >= 4 is 17.9 Å². The molecular weight excluding hydrogens is 410 g/mol. The Morgan fingerprint density at radius 1 is 0.562 bits per heavy atom. The zero-order valence-electron chi connectivity index (χ0n) is 20.1. The van der Waals surface area contributed by atoms with Gasteiger partial charge in [0.25, 0.3) is 0 Å². The van der Waals surface area contributed by atoms with Gasteiger partial charge in [0.15, 0.2) is 0 Å². The van der Waals surface area contributed by atoms with Crippen LogP contribution in [0.4, 0.5) is 0 Å². The summed E-state index contributed by atoms with van der Waals surface area (Å²) >= 11 is 0. The van der Waals surface area contributed by atoms with Gasteiger partial charge in [-0.05, 0) is 64.2 Å². The first-order valence-electron chi connectivity index (χ1n) is 12.5. The molecule has 0 heterocycles. The van der Waals surface area contributed by atoms with Crippen LogP contribution in [0.25, 0.3) is 0 Å². The number of hydrogen-bond acceptors (Lipinski definition) is 3. The van der Waals surface area contributed by atoms with Gasteiger partial charge in [0.1, 0.15) is 0 Å². The van der Waals surface area contributed by atoms with E-state index in [2.05, 4.69) is 19.1 Å². The average molecular weight is 457 g/mol. The zero-order chi connectivity index (χ0) is 24.1. The van der Waals surface area contributed by atoms with Crippen molar-refractivity contribution in [2.75, 3.05) is 26.2 Å². The van der Waals surface area contributed by atoms with Gasteiger partial charge in [-0.1, -0.05) is 31.9 Å². The molecule has 0 saturated heterocycles. The Labute approximate surface area is 194 Å². The van der Waals surface area contributed by atoms with Crippen LogP contribution in [0.15, 0.2) is 12.2 Å². The highest BCUT2D eigenvalue weighted by molar-refractivity contribution is 5.67. The first-order chi connectivity index (χ1) is 15.3. The van der Waals surface area contributed by atoms with Crippen LogP contribution in [0.5, 0.6) is 0 Å². The summed E-state index contributed by atoms with van der Waals surface area (Å²) in [7, 11) is 0. The van der Waals surface area contributed by atoms with E-state index >= 15 is 0 Å². The molecule has 0 radical (unpaired) electrons. The maximum Gasteiger partial charge on any atom is 0.303 e. The topological polar surface area (TPSA) is 112 Å². The lowest BCUT2D eigenvalue weighted by atomic mass is 10.1. The summed E-state index contributed by atoms with van der Waals surface area (Å²) in [4.78, 5) is 32.7. The van der Waals surface area contributed by atoms with E-state index in [9.17, 15) is 14.4 Å². The quantitative estimate of drug-likeness (QED) is 0.107. The lowest BCUT2D eigenvalue weighted by Crippen LogP contribution is -2.51. The monoisotopic (exact) mass is 456 g/mol. The van der Waals surface area contributed by atoms with Crippen molar-refractivity contribution in [1.82, 2.24) is 0 Å². The Bertz CT molecular complexity index is 491. The van der Waals surface area contributed by atoms with Crippen molar-refractivity contribution in [2.45, 2.75) is 103 Å². The van der Waals surface area contributed by atoms with Gasteiger partial charge in [-0.3, -0.25) is 14.4 Å². The minimum atomic E-state index is -0.777. The van der Waals surface area contributed by atoms with E-state index < -0.39 is 17.9 Å². The van der Waals surface area contributed by atoms with E-state index in [1.165, 1.54) is 12.8 Å². The van der Waals surface area contributed by atoms with Crippen molar-refractivity contribution in [3.8, 4) is 0 Å². The van der Waals surface area contributed by atoms with Crippen LogP contribution in [0.3, 0.4) is 0 Å². The van der Waals surface area contributed by atoms with E-state index in [0.717, 1.165) is 75.6 Å². The summed E-state index contributed by atoms with van der Waals surface area (Å²) in [5, 5.41) is 26.8. The lowest BCUT2D eigenvalue weighted by Gasteiger charge is -2.39. The molecule has 0 aromatic carbocycles. The molecule has 7 nitrogen and oxygen atoms in total. The second-order valence-corrected chi connectivity index (χ2v) is 8.90. The molecule has 3 N–H and O–H groups in total. The highest BCUT2D eigenvalue weighted by Gasteiger charge is 2.26. The second kappa shape index (κ2) is 19.8. The van der Waals surface area contributed by atoms with Crippen LogP contribution in [0, 0.1) is 0 Å². The Morgan fingerprint density at radius 3 is 1.25 bits per heavy atom. The third kappa shape index (κ3) is 18.8. The number of carboxylic acids is 3. The molecule has 0 aromatic rings. The third-order valence-electron chi connectivity index (χ3n) is 5.96. The number of carboxylic acid groups (broad SMARTS) is 3. The molecule has 0 aromatic heterocycles. The maximum atomic E-state index is 10.9. The van der Waals surface area contributed by atoms with Gasteiger partial charge in [0.2, 0.25) is 0 Å². The van der Waals surface area contributed by atoms with Gasteiger partial charge in [0.05, 0.1) is 26.2 Å². The number of carbonyl (C=O) groups is 3. The van der Waals surface area contributed by atoms with E-state index in [4.69, 9.17) is 15.3 Å². The fourth-order valence-corrected chi connectivity index (χ4v) is 4.11. The van der Waals surface area contributed by atoms with Gasteiger partial charge >= 0.3 is 17.9 Å². The Balaban J connectivity index is 4.90. The summed E-state index contributed by atoms with van der Waals surface area (Å²) in [6.07, 6.45) is 16.2. The van der Waals surface area contributed by atoms with Crippen molar-refractivity contribution in [1.29, 1.82) is 0 Å². The molecule has 0 aliphatic rings. The SMILES string of the molecule is CCCC/C=C/CCCC[N+](CCCCC(=O)O)(CCCCC(=O)O)CCCCC(=O)O. The highest BCUT2D eigenvalue weighted by Crippen LogP contribution is 2.19. The van der Waals surface area contributed by atoms with Gasteiger partial charge in [0, 0.05) is 19.3 Å². The van der Waals surface area contributed by atoms with Crippen LogP contribution in [0.2, 0.25) is 0 Å². The van der Waals surface area contributed by atoms with E-state index in [1.54, 1.807) is 0 Å². The van der Waals surface area contributed by atoms with Crippen LogP contribution < -0.4 is 0 Å². The average Bonchev–Trinajstić information content (AvgIpc) is 2.73. The molecule has 0 spiro atoms. The molecular formula is C25H46NO6+. The number of rotatable bonds is 23. The number of allylic oxidation sites excluding steroid dienone is 2. The molecule has 0 saturated carbocycles. The molecule has 0 aliphatic heterocycles. The smallest absolute Gasteiger partial charge is 0.303 e. The Hall–Kier alpha value is -1.89. The number of quaternary nitrogens is 1. The predicted molar refractivity (Wildman–Crippen MR) is 127 cm³/mol. The summed E-state index contributed by atoms with van der Waals surface area (Å²) < 4.78 is 0.846. The highest BCUT2D eigenvalue weighted by atomic mass is 16.4. The van der Waals surface area contributed by atoms with Crippen molar-refractivity contribution < 1.29 is 34.2 Å². The molecule has 186 valence electrons. The molecule has 0 aliphatic carbocycles. The minimum absolute atomic E-state index is 0.167. The van der Waals surface area contributed by atoms with Crippen molar-refractivity contribution in [3.05, 3.63) is 12.2 Å². The first kappa shape index (κ1) is 30.1. The molecule has 0 fully saturated rings. The largest absolute Gasteiger partial charge is 0.481 e. The van der Waals surface area contributed by atoms with Crippen LogP contribution in [0.1, 0.15) is 103 Å². The summed E-state index contributed by atoms with van der Waals surface area (Å²) in [6.45, 7) is 5.80. The van der Waals surface area contributed by atoms with E-state index in [-0.39, 0.29) is 19.3 Å². The molecule has 0 unspecified atom stereocenters. The number of hydrogen-bond donors (Lipinski definition) is 3. The van der Waals surface area contributed by atoms with Crippen molar-refractivity contribution in [3.63, 3.8) is 0 Å². The summed E-state index contributed by atoms with van der Waals surface area (Å²) in [5.41, 5.74) is 0. The first-order valence-corrected chi connectivity index (χ1v) is 12.5. The Kier molecular flexibility index (Phi) is 18.6. The van der Waals surface area contributed by atoms with E-state index in [1.807, 2.05) is 0 Å². The zero-order valence-corrected chi connectivity index (χ0v) is 20.1. The molecule has 0 amide bonds. The second-order valence-electron chi connectivity index (χ2n) is 8.90. The van der Waals surface area contributed by atoms with Crippen LogP contribution in [-0.4, -0.2) is 63.9 Å². The predicted octanol–water partition coefficient (Wildman–Crippen LogP) is 5.48. The molecule has 7 heteroatoms. The normalized spacial score (nSPS) is 11.8.